The maximum atomic E-state index is 11.6. The van der Waals surface area contributed by atoms with E-state index in [9.17, 15) is 13.0 Å². The third-order valence-corrected chi connectivity index (χ3v) is 11.2. The molecule has 0 unspecified atom stereocenters. The Hall–Kier alpha value is -5.26. The normalized spacial score (nSPS) is 14.0. The fraction of sp³-hybridized carbons (Fsp3) is 0.122. The summed E-state index contributed by atoms with van der Waals surface area (Å²) in [5.41, 5.74) is 7.94. The Labute approximate surface area is 311 Å². The molecule has 0 amide bonds. The molecule has 0 saturated carbocycles. The Morgan fingerprint density at radius 3 is 2.33 bits per heavy atom. The molecule has 0 radical (unpaired) electrons. The molecule has 7 aromatic rings. The zero-order valence-corrected chi connectivity index (χ0v) is 30.7. The Balaban J connectivity index is 1.26. The summed E-state index contributed by atoms with van der Waals surface area (Å²) >= 11 is 8.20. The van der Waals surface area contributed by atoms with Crippen LogP contribution in [0.25, 0.3) is 43.6 Å². The van der Waals surface area contributed by atoms with E-state index in [1.165, 1.54) is 0 Å². The highest BCUT2D eigenvalue weighted by atomic mass is 35.5. The van der Waals surface area contributed by atoms with Crippen molar-refractivity contribution in [1.82, 2.24) is 9.55 Å². The van der Waals surface area contributed by atoms with Crippen LogP contribution in [0.3, 0.4) is 0 Å². The van der Waals surface area contributed by atoms with Crippen molar-refractivity contribution in [3.8, 4) is 16.3 Å². The fourth-order valence-electron chi connectivity index (χ4n) is 6.91. The van der Waals surface area contributed by atoms with E-state index in [2.05, 4.69) is 63.8 Å². The van der Waals surface area contributed by atoms with Gasteiger partial charge in [-0.05, 0) is 86.2 Å². The monoisotopic (exact) mass is 743 g/mol. The first kappa shape index (κ1) is 33.9. The molecule has 260 valence electrons. The summed E-state index contributed by atoms with van der Waals surface area (Å²) in [7, 11) is -4.38. The predicted molar refractivity (Wildman–Crippen MR) is 211 cm³/mol. The number of nitrogens with zero attached hydrogens (tertiary/aromatic N) is 5. The summed E-state index contributed by atoms with van der Waals surface area (Å²) in [6, 6.07) is 40.8. The van der Waals surface area contributed by atoms with Gasteiger partial charge in [0.1, 0.15) is 16.5 Å². The average molecular weight is 744 g/mol. The van der Waals surface area contributed by atoms with Crippen molar-refractivity contribution in [2.45, 2.75) is 19.9 Å². The van der Waals surface area contributed by atoms with E-state index in [0.29, 0.717) is 11.6 Å². The summed E-state index contributed by atoms with van der Waals surface area (Å²) in [6.45, 7) is 3.19. The second kappa shape index (κ2) is 14.0. The largest absolute Gasteiger partial charge is 0.748 e. The molecular weight excluding hydrogens is 710 g/mol. The Morgan fingerprint density at radius 2 is 1.60 bits per heavy atom. The number of halogens is 1. The van der Waals surface area contributed by atoms with Crippen LogP contribution in [0.2, 0.25) is 5.02 Å². The Bertz CT molecular complexity index is 2570. The van der Waals surface area contributed by atoms with Crippen molar-refractivity contribution in [1.29, 1.82) is 0 Å². The van der Waals surface area contributed by atoms with Crippen LogP contribution in [0.5, 0.6) is 0 Å². The van der Waals surface area contributed by atoms with Gasteiger partial charge < -0.3 is 9.45 Å². The maximum Gasteiger partial charge on any atom is 0.287 e. The third kappa shape index (κ3) is 6.50. The number of aryl methyl sites for hydroxylation is 1. The lowest BCUT2D eigenvalue weighted by molar-refractivity contribution is -0.673. The molecule has 1 aliphatic heterocycles. The topological polar surface area (TPSA) is 85.4 Å². The van der Waals surface area contributed by atoms with Crippen molar-refractivity contribution in [3.63, 3.8) is 0 Å². The first-order chi connectivity index (χ1) is 25.3. The Morgan fingerprint density at radius 1 is 0.865 bits per heavy atom. The van der Waals surface area contributed by atoms with Gasteiger partial charge >= 0.3 is 0 Å². The van der Waals surface area contributed by atoms with Gasteiger partial charge in [-0.25, -0.2) is 18.0 Å². The van der Waals surface area contributed by atoms with Gasteiger partial charge in [-0.15, -0.1) is 11.3 Å². The molecule has 0 N–H and O–H groups in total. The zero-order valence-electron chi connectivity index (χ0n) is 28.3. The molecule has 1 aliphatic rings. The summed E-state index contributed by atoms with van der Waals surface area (Å²) in [4.78, 5) is 9.51. The van der Waals surface area contributed by atoms with E-state index in [0.717, 1.165) is 72.8 Å². The van der Waals surface area contributed by atoms with Crippen LogP contribution in [0, 0.1) is 0 Å². The van der Waals surface area contributed by atoms with E-state index >= 15 is 0 Å². The summed E-state index contributed by atoms with van der Waals surface area (Å²) in [5, 5.41) is 1.54. The minimum atomic E-state index is -4.38. The van der Waals surface area contributed by atoms with E-state index in [1.54, 1.807) is 11.3 Å². The van der Waals surface area contributed by atoms with Gasteiger partial charge in [-0.3, -0.25) is 4.90 Å². The first-order valence-electron chi connectivity index (χ1n) is 17.0. The molecule has 11 heteroatoms. The molecule has 0 aliphatic carbocycles. The number of imidazole rings is 1. The van der Waals surface area contributed by atoms with Crippen LogP contribution in [-0.4, -0.2) is 34.8 Å². The van der Waals surface area contributed by atoms with Gasteiger partial charge in [0.15, 0.2) is 11.0 Å². The number of allylic oxidation sites excluding steroid dienone is 2. The highest BCUT2D eigenvalue weighted by molar-refractivity contribution is 7.85. The van der Waals surface area contributed by atoms with Crippen LogP contribution in [-0.2, 0) is 16.7 Å². The van der Waals surface area contributed by atoms with E-state index < -0.39 is 15.9 Å². The van der Waals surface area contributed by atoms with Gasteiger partial charge in [0.05, 0.1) is 38.3 Å². The van der Waals surface area contributed by atoms with Crippen molar-refractivity contribution < 1.29 is 17.5 Å². The molecule has 8 nitrogen and oxygen atoms in total. The molecule has 0 atom stereocenters. The highest BCUT2D eigenvalue weighted by Crippen LogP contribution is 2.48. The van der Waals surface area contributed by atoms with Crippen molar-refractivity contribution in [3.05, 3.63) is 150 Å². The fourth-order valence-corrected chi connectivity index (χ4v) is 8.52. The van der Waals surface area contributed by atoms with Crippen LogP contribution >= 0.6 is 22.9 Å². The summed E-state index contributed by atoms with van der Waals surface area (Å²) in [5.74, 6) is 1.34. The predicted octanol–water partition coefficient (Wildman–Crippen LogP) is 9.32. The van der Waals surface area contributed by atoms with E-state index in [-0.39, 0.29) is 6.42 Å². The SMILES string of the molecule is CCN1/C(=C/C=C/c2n(-c3ccccc3)c3ccc(Cl)cc3[n+]2CCCS(=O)(=O)[O-])N(c2ccccc2)c2ccc(-c3nc4ccccc4s3)cc21. The Kier molecular flexibility index (Phi) is 9.15. The molecule has 8 rings (SSSR count). The molecule has 5 aromatic carbocycles. The van der Waals surface area contributed by atoms with Crippen molar-refractivity contribution >= 4 is 77.4 Å². The van der Waals surface area contributed by atoms with Crippen LogP contribution in [0.1, 0.15) is 19.2 Å². The highest BCUT2D eigenvalue weighted by Gasteiger charge is 2.32. The second-order valence-corrected chi connectivity index (χ2v) is 15.4. The molecule has 2 aromatic heterocycles. The molecule has 0 bridgehead atoms. The van der Waals surface area contributed by atoms with Gasteiger partial charge in [0, 0.05) is 40.7 Å². The number of hydrogen-bond acceptors (Lipinski definition) is 7. The molecule has 52 heavy (non-hydrogen) atoms. The van der Waals surface area contributed by atoms with E-state index in [1.807, 2.05) is 102 Å². The number of para-hydroxylation sites is 3. The van der Waals surface area contributed by atoms with Gasteiger partial charge in [-0.2, -0.15) is 4.57 Å². The molecule has 0 spiro atoms. The molecular formula is C41H34ClN5O3S2. The lowest BCUT2D eigenvalue weighted by atomic mass is 10.1. The number of hydrogen-bond donors (Lipinski definition) is 0. The maximum absolute atomic E-state index is 11.6. The van der Waals surface area contributed by atoms with Gasteiger partial charge in [0.2, 0.25) is 0 Å². The van der Waals surface area contributed by atoms with Crippen LogP contribution < -0.4 is 14.4 Å². The standard InChI is InChI=1S/C41H34ClN5O3S2/c1-2-44-36-27-29(41-43-33-17-9-10-18-38(33)51-41)21-23-34(36)46(31-13-5-3-6-14-31)39(44)19-11-20-40-45(25-12-26-52(48,49)50)37-28-30(42)22-24-35(37)47(40)32-15-7-4-8-16-32/h3-11,13-24,27-28H,2,12,25-26H2,1H3. The number of aromatic nitrogens is 3. The quantitative estimate of drug-likeness (QED) is 0.103. The summed E-state index contributed by atoms with van der Waals surface area (Å²) < 4.78 is 40.1. The molecule has 0 saturated heterocycles. The third-order valence-electron chi connectivity index (χ3n) is 9.14. The second-order valence-electron chi connectivity index (χ2n) is 12.4. The van der Waals surface area contributed by atoms with Crippen LogP contribution in [0.15, 0.2) is 139 Å². The smallest absolute Gasteiger partial charge is 0.287 e. The molecule has 3 heterocycles. The lowest BCUT2D eigenvalue weighted by Crippen LogP contribution is -2.37. The number of fused-ring (bicyclic) bond motifs is 3. The average Bonchev–Trinajstić information content (AvgIpc) is 3.81. The van der Waals surface area contributed by atoms with Crippen molar-refractivity contribution in [2.75, 3.05) is 22.1 Å². The first-order valence-corrected chi connectivity index (χ1v) is 19.8. The number of thiazole rings is 1. The lowest BCUT2D eigenvalue weighted by Gasteiger charge is -2.24. The van der Waals surface area contributed by atoms with Gasteiger partial charge in [0.25, 0.3) is 5.82 Å². The number of benzene rings is 5. The molecule has 0 fully saturated rings. The van der Waals surface area contributed by atoms with Crippen molar-refractivity contribution in [2.24, 2.45) is 0 Å². The van der Waals surface area contributed by atoms with Crippen LogP contribution in [0.4, 0.5) is 17.1 Å². The van der Waals surface area contributed by atoms with Gasteiger partial charge in [-0.1, -0.05) is 66.2 Å². The number of rotatable bonds is 10. The minimum absolute atomic E-state index is 0.163. The van der Waals surface area contributed by atoms with E-state index in [4.69, 9.17) is 16.6 Å². The summed E-state index contributed by atoms with van der Waals surface area (Å²) in [6.07, 6.45) is 6.34. The zero-order chi connectivity index (χ0) is 35.8. The number of anilines is 3. The minimum Gasteiger partial charge on any atom is -0.748 e.